The molecule has 560 valence electrons. The van der Waals surface area contributed by atoms with E-state index in [-0.39, 0.29) is 25.7 Å². The van der Waals surface area contributed by atoms with E-state index in [0.717, 1.165) is 115 Å². The second kappa shape index (κ2) is 66.1. The second-order valence-electron chi connectivity index (χ2n) is 28.1. The van der Waals surface area contributed by atoms with Gasteiger partial charge in [-0.25, -0.2) is 9.13 Å². The van der Waals surface area contributed by atoms with E-state index < -0.39 is 97.5 Å². The summed E-state index contributed by atoms with van der Waals surface area (Å²) in [5, 5.41) is 10.6. The van der Waals surface area contributed by atoms with Crippen LogP contribution in [0.1, 0.15) is 363 Å². The van der Waals surface area contributed by atoms with Gasteiger partial charge < -0.3 is 33.8 Å². The van der Waals surface area contributed by atoms with Crippen LogP contribution in [0.25, 0.3) is 0 Å². The van der Waals surface area contributed by atoms with Crippen molar-refractivity contribution < 1.29 is 80.2 Å². The van der Waals surface area contributed by atoms with Crippen LogP contribution in [-0.2, 0) is 65.4 Å². The van der Waals surface area contributed by atoms with E-state index in [1.54, 1.807) is 0 Å². The molecule has 0 aromatic heterocycles. The fraction of sp³-hybridized carbons (Fsp3) is 0.895. The maximum Gasteiger partial charge on any atom is 0.472 e. The quantitative estimate of drug-likeness (QED) is 0.0169. The third-order valence-electron chi connectivity index (χ3n) is 17.0. The largest absolute Gasteiger partial charge is 0.472 e. The summed E-state index contributed by atoms with van der Waals surface area (Å²) in [6.07, 6.45) is 55.4. The number of unbranched alkanes of at least 4 members (excludes halogenated alkanes) is 37. The summed E-state index contributed by atoms with van der Waals surface area (Å²) in [4.78, 5) is 72.6. The number of ether oxygens (including phenoxy) is 4. The number of phosphoric ester groups is 2. The van der Waals surface area contributed by atoms with Gasteiger partial charge in [0.25, 0.3) is 0 Å². The SMILES string of the molecule is CCCCCC/C=C\C=C/CCCCCCCC(=O)O[C@H](COC(=O)CCCCCCCCCC(C)C)COP(=O)(O)OCC(O)COP(=O)(O)OC[C@@H](COC(=O)CCCCCCCCCCCCCCCCCCCCC(C)C)OC(=O)CCCCCCCCC(C)C. The molecule has 0 fully saturated rings. The zero-order valence-electron chi connectivity index (χ0n) is 61.6. The summed E-state index contributed by atoms with van der Waals surface area (Å²) in [5.41, 5.74) is 0. The molecule has 0 saturated carbocycles. The van der Waals surface area contributed by atoms with Crippen LogP contribution in [0.5, 0.6) is 0 Å². The maximum atomic E-state index is 13.0. The van der Waals surface area contributed by atoms with Crippen molar-refractivity contribution in [2.75, 3.05) is 39.6 Å². The van der Waals surface area contributed by atoms with Crippen LogP contribution in [0.4, 0.5) is 0 Å². The molecular formula is C76H144O17P2. The average Bonchev–Trinajstić information content (AvgIpc) is 1.72. The molecule has 0 aromatic rings. The van der Waals surface area contributed by atoms with Gasteiger partial charge in [-0.3, -0.25) is 37.3 Å². The summed E-state index contributed by atoms with van der Waals surface area (Å²) in [5.74, 6) is 0.0353. The number of carbonyl (C=O) groups excluding carboxylic acids is 4. The monoisotopic (exact) mass is 1390 g/mol. The molecule has 0 aliphatic carbocycles. The lowest BCUT2D eigenvalue weighted by Crippen LogP contribution is -2.30. The summed E-state index contributed by atoms with van der Waals surface area (Å²) < 4.78 is 68.3. The van der Waals surface area contributed by atoms with E-state index in [0.29, 0.717) is 37.5 Å². The highest BCUT2D eigenvalue weighted by molar-refractivity contribution is 7.47. The van der Waals surface area contributed by atoms with Crippen molar-refractivity contribution in [1.29, 1.82) is 0 Å². The van der Waals surface area contributed by atoms with Gasteiger partial charge in [0.1, 0.15) is 19.3 Å². The van der Waals surface area contributed by atoms with Crippen molar-refractivity contribution in [3.63, 3.8) is 0 Å². The van der Waals surface area contributed by atoms with Crippen molar-refractivity contribution in [3.05, 3.63) is 24.3 Å². The van der Waals surface area contributed by atoms with E-state index in [1.165, 1.54) is 154 Å². The van der Waals surface area contributed by atoms with Gasteiger partial charge >= 0.3 is 39.5 Å². The van der Waals surface area contributed by atoms with Crippen molar-refractivity contribution in [2.45, 2.75) is 381 Å². The Kier molecular flexibility index (Phi) is 64.4. The smallest absolute Gasteiger partial charge is 0.462 e. The van der Waals surface area contributed by atoms with Crippen LogP contribution < -0.4 is 0 Å². The number of carbonyl (C=O) groups is 4. The van der Waals surface area contributed by atoms with Crippen molar-refractivity contribution in [1.82, 2.24) is 0 Å². The molecule has 0 spiro atoms. The van der Waals surface area contributed by atoms with Gasteiger partial charge in [0.2, 0.25) is 0 Å². The highest BCUT2D eigenvalue weighted by Gasteiger charge is 2.30. The Hall–Kier alpha value is -2.46. The lowest BCUT2D eigenvalue weighted by Gasteiger charge is -2.21. The summed E-state index contributed by atoms with van der Waals surface area (Å²) >= 11 is 0. The molecule has 0 aromatic carbocycles. The number of aliphatic hydroxyl groups excluding tert-OH is 1. The molecule has 3 unspecified atom stereocenters. The van der Waals surface area contributed by atoms with Gasteiger partial charge in [-0.1, -0.05) is 310 Å². The van der Waals surface area contributed by atoms with Crippen LogP contribution in [0.15, 0.2) is 24.3 Å². The van der Waals surface area contributed by atoms with Crippen molar-refractivity contribution >= 4 is 39.5 Å². The Labute approximate surface area is 580 Å². The first kappa shape index (κ1) is 92.5. The number of hydrogen-bond acceptors (Lipinski definition) is 15. The molecule has 0 saturated heterocycles. The van der Waals surface area contributed by atoms with Crippen LogP contribution in [0.3, 0.4) is 0 Å². The number of aliphatic hydroxyl groups is 1. The Morgan fingerprint density at radius 2 is 0.568 bits per heavy atom. The number of hydrogen-bond donors (Lipinski definition) is 3. The Morgan fingerprint density at radius 1 is 0.326 bits per heavy atom. The van der Waals surface area contributed by atoms with E-state index in [1.807, 2.05) is 0 Å². The van der Waals surface area contributed by atoms with Gasteiger partial charge in [0.05, 0.1) is 26.4 Å². The first-order valence-corrected chi connectivity index (χ1v) is 41.7. The number of allylic oxidation sites excluding steroid dienone is 4. The standard InChI is InChI=1S/C76H144O17P2/c1-8-9-10-11-12-13-14-15-20-25-28-31-36-45-52-59-75(80)92-71(63-87-74(79)58-51-44-37-32-34-41-48-55-68(4)5)65-90-94(82,83)88-61-70(77)62-89-95(84,85)91-66-72(93-76(81)60-53-46-39-38-42-49-56-69(6)7)64-86-73(78)57-50-43-35-30-27-24-22-19-17-16-18-21-23-26-29-33-40-47-54-67(2)3/h13-15,20,67-72,77H,8-12,16-19,21-66H2,1-7H3,(H,82,83)(H,84,85)/b14-13-,20-15-/t70?,71-,72-/m1/s1. The minimum atomic E-state index is -4.96. The number of phosphoric acid groups is 2. The van der Waals surface area contributed by atoms with Gasteiger partial charge in [0.15, 0.2) is 12.2 Å². The minimum Gasteiger partial charge on any atom is -0.462 e. The fourth-order valence-corrected chi connectivity index (χ4v) is 12.6. The number of esters is 4. The highest BCUT2D eigenvalue weighted by atomic mass is 31.2. The van der Waals surface area contributed by atoms with E-state index in [9.17, 15) is 43.2 Å². The predicted molar refractivity (Wildman–Crippen MR) is 386 cm³/mol. The molecule has 0 heterocycles. The second-order valence-corrected chi connectivity index (χ2v) is 31.0. The highest BCUT2D eigenvalue weighted by Crippen LogP contribution is 2.45. The van der Waals surface area contributed by atoms with Crippen LogP contribution >= 0.6 is 15.6 Å². The normalized spacial score (nSPS) is 14.2. The molecule has 17 nitrogen and oxygen atoms in total. The van der Waals surface area contributed by atoms with E-state index in [4.69, 9.17) is 37.0 Å². The average molecular weight is 1390 g/mol. The van der Waals surface area contributed by atoms with E-state index in [2.05, 4.69) is 72.8 Å². The topological polar surface area (TPSA) is 237 Å². The lowest BCUT2D eigenvalue weighted by atomic mass is 10.0. The summed E-state index contributed by atoms with van der Waals surface area (Å²) in [7, 11) is -9.92. The Balaban J connectivity index is 5.15. The van der Waals surface area contributed by atoms with Gasteiger partial charge in [-0.2, -0.15) is 0 Å². The third kappa shape index (κ3) is 69.8. The van der Waals surface area contributed by atoms with E-state index >= 15 is 0 Å². The van der Waals surface area contributed by atoms with Gasteiger partial charge in [-0.15, -0.1) is 0 Å². The van der Waals surface area contributed by atoms with Crippen LogP contribution in [-0.4, -0.2) is 96.7 Å². The molecule has 0 aliphatic heterocycles. The molecule has 0 aliphatic rings. The molecule has 0 bridgehead atoms. The molecular weight excluding hydrogens is 1250 g/mol. The third-order valence-corrected chi connectivity index (χ3v) is 18.9. The zero-order chi connectivity index (χ0) is 70.1. The predicted octanol–water partition coefficient (Wildman–Crippen LogP) is 21.7. The summed E-state index contributed by atoms with van der Waals surface area (Å²) in [6.45, 7) is 11.7. The Bertz CT molecular complexity index is 1950. The Morgan fingerprint density at radius 3 is 0.853 bits per heavy atom. The fourth-order valence-electron chi connectivity index (χ4n) is 11.1. The molecule has 0 amide bonds. The number of rotatable bonds is 72. The van der Waals surface area contributed by atoms with Crippen LogP contribution in [0, 0.1) is 17.8 Å². The molecule has 0 radical (unpaired) electrons. The maximum absolute atomic E-state index is 13.0. The van der Waals surface area contributed by atoms with Crippen LogP contribution in [0.2, 0.25) is 0 Å². The summed E-state index contributed by atoms with van der Waals surface area (Å²) in [6, 6.07) is 0. The van der Waals surface area contributed by atoms with Gasteiger partial charge in [0, 0.05) is 25.7 Å². The molecule has 95 heavy (non-hydrogen) atoms. The zero-order valence-corrected chi connectivity index (χ0v) is 63.4. The van der Waals surface area contributed by atoms with Crippen molar-refractivity contribution in [2.24, 2.45) is 17.8 Å². The first-order chi connectivity index (χ1) is 45.7. The van der Waals surface area contributed by atoms with Crippen molar-refractivity contribution in [3.8, 4) is 0 Å². The lowest BCUT2D eigenvalue weighted by molar-refractivity contribution is -0.161. The molecule has 5 atom stereocenters. The molecule has 0 rings (SSSR count). The molecule has 19 heteroatoms. The minimum absolute atomic E-state index is 0.0838. The van der Waals surface area contributed by atoms with Gasteiger partial charge in [-0.05, 0) is 69.1 Å². The first-order valence-electron chi connectivity index (χ1n) is 38.7. The molecule has 3 N–H and O–H groups in total.